The molecule has 3 aromatic heterocycles. The van der Waals surface area contributed by atoms with E-state index in [0.29, 0.717) is 11.5 Å². The van der Waals surface area contributed by atoms with Crippen LogP contribution in [-0.4, -0.2) is 26.2 Å². The van der Waals surface area contributed by atoms with Crippen molar-refractivity contribution in [3.8, 4) is 11.3 Å². The summed E-state index contributed by atoms with van der Waals surface area (Å²) in [6.07, 6.45) is 6.76. The Hall–Kier alpha value is -3.67. The topological polar surface area (TPSA) is 76.0 Å². The van der Waals surface area contributed by atoms with Crippen LogP contribution >= 0.6 is 0 Å². The number of aromatic nitrogens is 4. The fraction of sp³-hybridized carbons (Fsp3) is 0.0500. The van der Waals surface area contributed by atoms with Crippen molar-refractivity contribution in [1.29, 1.82) is 0 Å². The quantitative estimate of drug-likeness (QED) is 0.451. The molecule has 0 amide bonds. The van der Waals surface area contributed by atoms with Gasteiger partial charge in [-0.3, -0.25) is 10.4 Å². The van der Waals surface area contributed by atoms with Crippen LogP contribution in [0.5, 0.6) is 0 Å². The van der Waals surface area contributed by atoms with Crippen molar-refractivity contribution in [2.75, 3.05) is 5.43 Å². The summed E-state index contributed by atoms with van der Waals surface area (Å²) in [6, 6.07) is 15.8. The smallest absolute Gasteiger partial charge is 0.165 e. The molecule has 0 atom stereocenters. The van der Waals surface area contributed by atoms with Crippen LogP contribution in [0.3, 0.4) is 0 Å². The minimum absolute atomic E-state index is 0.606. The molecule has 3 heterocycles. The van der Waals surface area contributed by atoms with Crippen LogP contribution in [0, 0.1) is 6.92 Å². The van der Waals surface area contributed by atoms with Crippen LogP contribution in [0.2, 0.25) is 0 Å². The van der Waals surface area contributed by atoms with Gasteiger partial charge < -0.3 is 0 Å². The number of anilines is 1. The lowest BCUT2D eigenvalue weighted by Gasteiger charge is -2.05. The van der Waals surface area contributed by atoms with Crippen molar-refractivity contribution in [1.82, 2.24) is 19.9 Å². The highest BCUT2D eigenvalue weighted by molar-refractivity contribution is 5.88. The van der Waals surface area contributed by atoms with Crippen LogP contribution in [0.15, 0.2) is 72.4 Å². The van der Waals surface area contributed by atoms with E-state index in [0.717, 1.165) is 22.2 Å². The number of benzene rings is 1. The van der Waals surface area contributed by atoms with Gasteiger partial charge in [-0.15, -0.1) is 0 Å². The molecule has 1 N–H and O–H groups in total. The molecule has 6 heteroatoms. The first-order valence-electron chi connectivity index (χ1n) is 8.17. The van der Waals surface area contributed by atoms with E-state index in [4.69, 9.17) is 0 Å². The van der Waals surface area contributed by atoms with Crippen LogP contribution in [0.25, 0.3) is 22.3 Å². The number of nitrogens with one attached hydrogen (secondary N) is 1. The third kappa shape index (κ3) is 3.39. The third-order valence-electron chi connectivity index (χ3n) is 3.88. The molecule has 0 aliphatic heterocycles. The van der Waals surface area contributed by atoms with Gasteiger partial charge in [-0.05, 0) is 36.8 Å². The Labute approximate surface area is 150 Å². The molecule has 26 heavy (non-hydrogen) atoms. The van der Waals surface area contributed by atoms with E-state index in [1.54, 1.807) is 18.6 Å². The molecule has 0 unspecified atom stereocenters. The summed E-state index contributed by atoms with van der Waals surface area (Å²) in [6.45, 7) is 2.05. The zero-order chi connectivity index (χ0) is 17.8. The maximum atomic E-state index is 4.60. The largest absolute Gasteiger partial charge is 0.264 e. The van der Waals surface area contributed by atoms with Gasteiger partial charge in [-0.25, -0.2) is 15.0 Å². The molecule has 0 spiro atoms. The van der Waals surface area contributed by atoms with Crippen molar-refractivity contribution in [3.63, 3.8) is 0 Å². The summed E-state index contributed by atoms with van der Waals surface area (Å²) >= 11 is 0. The molecule has 0 bridgehead atoms. The minimum Gasteiger partial charge on any atom is -0.264 e. The summed E-state index contributed by atoms with van der Waals surface area (Å²) in [5, 5.41) is 5.09. The molecule has 4 aromatic rings. The number of aryl methyl sites for hydroxylation is 1. The SMILES string of the molecule is Cc1cccc(C=NNc2ncnc3nc(-c4cccnc4)ccc23)c1. The van der Waals surface area contributed by atoms with Gasteiger partial charge in [0.2, 0.25) is 0 Å². The van der Waals surface area contributed by atoms with E-state index in [2.05, 4.69) is 36.5 Å². The van der Waals surface area contributed by atoms with E-state index in [1.165, 1.54) is 11.9 Å². The summed E-state index contributed by atoms with van der Waals surface area (Å²) in [5.41, 5.74) is 7.56. The Morgan fingerprint density at radius 3 is 2.85 bits per heavy atom. The molecule has 0 fully saturated rings. The normalized spacial score (nSPS) is 11.1. The minimum atomic E-state index is 0.606. The van der Waals surface area contributed by atoms with E-state index >= 15 is 0 Å². The van der Waals surface area contributed by atoms with Crippen LogP contribution in [-0.2, 0) is 0 Å². The highest BCUT2D eigenvalue weighted by Crippen LogP contribution is 2.22. The van der Waals surface area contributed by atoms with Gasteiger partial charge in [0.15, 0.2) is 11.5 Å². The van der Waals surface area contributed by atoms with E-state index in [1.807, 2.05) is 49.4 Å². The second-order valence-corrected chi connectivity index (χ2v) is 5.82. The standard InChI is InChI=1S/C20H16N6/c1-14-4-2-5-15(10-14)11-24-26-20-17-7-8-18(16-6-3-9-21-12-16)25-19(17)22-13-23-20/h2-13H,1H3,(H,22,23,25,26). The Bertz CT molecular complexity index is 1080. The van der Waals surface area contributed by atoms with Crippen LogP contribution in [0.1, 0.15) is 11.1 Å². The van der Waals surface area contributed by atoms with E-state index in [9.17, 15) is 0 Å². The molecule has 0 aliphatic rings. The summed E-state index contributed by atoms with van der Waals surface area (Å²) in [5.74, 6) is 0.615. The van der Waals surface area contributed by atoms with Gasteiger partial charge in [-0.1, -0.05) is 29.8 Å². The van der Waals surface area contributed by atoms with Gasteiger partial charge in [0.25, 0.3) is 0 Å². The molecular weight excluding hydrogens is 324 g/mol. The van der Waals surface area contributed by atoms with Crippen molar-refractivity contribution in [2.24, 2.45) is 5.10 Å². The van der Waals surface area contributed by atoms with Crippen molar-refractivity contribution < 1.29 is 0 Å². The number of hydrazone groups is 1. The van der Waals surface area contributed by atoms with Crippen molar-refractivity contribution in [2.45, 2.75) is 6.92 Å². The van der Waals surface area contributed by atoms with Gasteiger partial charge >= 0.3 is 0 Å². The van der Waals surface area contributed by atoms with E-state index in [-0.39, 0.29) is 0 Å². The summed E-state index contributed by atoms with van der Waals surface area (Å²) in [7, 11) is 0. The molecular formula is C20H16N6. The van der Waals surface area contributed by atoms with Crippen molar-refractivity contribution in [3.05, 3.63) is 78.4 Å². The molecule has 6 nitrogen and oxygen atoms in total. The molecule has 0 aliphatic carbocycles. The highest BCUT2D eigenvalue weighted by atomic mass is 15.3. The first-order chi connectivity index (χ1) is 12.8. The number of fused-ring (bicyclic) bond motifs is 1. The Balaban J connectivity index is 1.62. The summed E-state index contributed by atoms with van der Waals surface area (Å²) < 4.78 is 0. The van der Waals surface area contributed by atoms with Gasteiger partial charge in [-0.2, -0.15) is 5.10 Å². The van der Waals surface area contributed by atoms with Gasteiger partial charge in [0.1, 0.15) is 6.33 Å². The molecule has 1 aromatic carbocycles. The zero-order valence-corrected chi connectivity index (χ0v) is 14.2. The predicted octanol–water partition coefficient (Wildman–Crippen LogP) is 3.84. The molecule has 4 rings (SSSR count). The molecule has 126 valence electrons. The third-order valence-corrected chi connectivity index (χ3v) is 3.88. The summed E-state index contributed by atoms with van der Waals surface area (Å²) in [4.78, 5) is 17.3. The maximum Gasteiger partial charge on any atom is 0.165 e. The number of hydrogen-bond donors (Lipinski definition) is 1. The average molecular weight is 340 g/mol. The molecule has 0 radical (unpaired) electrons. The molecule has 0 saturated carbocycles. The monoisotopic (exact) mass is 340 g/mol. The van der Waals surface area contributed by atoms with E-state index < -0.39 is 0 Å². The van der Waals surface area contributed by atoms with Crippen LogP contribution < -0.4 is 5.43 Å². The van der Waals surface area contributed by atoms with Gasteiger partial charge in [0.05, 0.1) is 17.3 Å². The average Bonchev–Trinajstić information content (AvgIpc) is 2.68. The lowest BCUT2D eigenvalue weighted by Crippen LogP contribution is -1.98. The lowest BCUT2D eigenvalue weighted by molar-refractivity contribution is 1.15. The van der Waals surface area contributed by atoms with Crippen LogP contribution in [0.4, 0.5) is 5.82 Å². The fourth-order valence-electron chi connectivity index (χ4n) is 2.62. The number of hydrogen-bond acceptors (Lipinski definition) is 6. The number of pyridine rings is 2. The molecule has 0 saturated heterocycles. The highest BCUT2D eigenvalue weighted by Gasteiger charge is 2.06. The Morgan fingerprint density at radius 2 is 2.00 bits per heavy atom. The number of nitrogens with zero attached hydrogens (tertiary/aromatic N) is 5. The first-order valence-corrected chi connectivity index (χ1v) is 8.17. The number of rotatable bonds is 4. The lowest BCUT2D eigenvalue weighted by atomic mass is 10.1. The predicted molar refractivity (Wildman–Crippen MR) is 103 cm³/mol. The zero-order valence-electron chi connectivity index (χ0n) is 14.2. The fourth-order valence-corrected chi connectivity index (χ4v) is 2.62. The first kappa shape index (κ1) is 15.8. The Morgan fingerprint density at radius 1 is 1.04 bits per heavy atom. The Kier molecular flexibility index (Phi) is 4.30. The second-order valence-electron chi connectivity index (χ2n) is 5.82. The van der Waals surface area contributed by atoms with Gasteiger partial charge in [0, 0.05) is 18.0 Å². The van der Waals surface area contributed by atoms with Crippen molar-refractivity contribution >= 4 is 23.1 Å². The maximum absolute atomic E-state index is 4.60. The second kappa shape index (κ2) is 7.06.